The van der Waals surface area contributed by atoms with Crippen LogP contribution in [-0.4, -0.2) is 58.5 Å². The summed E-state index contributed by atoms with van der Waals surface area (Å²) in [5.74, 6) is -4.14. The van der Waals surface area contributed by atoms with E-state index in [2.05, 4.69) is 36.2 Å². The fourth-order valence-electron chi connectivity index (χ4n) is 8.30. The number of hydrogen-bond donors (Lipinski definition) is 0. The number of methoxy groups -OCH3 is 1. The summed E-state index contributed by atoms with van der Waals surface area (Å²) in [6, 6.07) is 45.6. The zero-order valence-electron chi connectivity index (χ0n) is 41.3. The molecule has 398 valence electrons. The number of benzene rings is 6. The molecule has 0 aliphatic heterocycles. The number of carbonyl (C=O) groups is 2. The van der Waals surface area contributed by atoms with Crippen LogP contribution < -0.4 is 14.2 Å². The number of nitrogens with zero attached hydrogens (tertiary/aromatic N) is 9. The average molecular weight is 1100 g/mol. The van der Waals surface area contributed by atoms with E-state index in [4.69, 9.17) is 35.8 Å². The van der Waals surface area contributed by atoms with Gasteiger partial charge in [0.1, 0.15) is 41.6 Å². The van der Waals surface area contributed by atoms with Gasteiger partial charge in [0.2, 0.25) is 0 Å². The highest BCUT2D eigenvalue weighted by Gasteiger charge is 2.45. The average Bonchev–Trinajstić information content (AvgIpc) is 4.16. The molecule has 10 rings (SSSR count). The Hall–Kier alpha value is -10.2. The number of alkyl halides is 6. The molecule has 15 nitrogen and oxygen atoms in total. The van der Waals surface area contributed by atoms with Crippen molar-refractivity contribution in [2.45, 2.75) is 25.6 Å². The van der Waals surface area contributed by atoms with E-state index < -0.39 is 58.7 Å². The van der Waals surface area contributed by atoms with Crippen molar-refractivity contribution in [3.05, 3.63) is 221 Å². The second-order valence-corrected chi connectivity index (χ2v) is 17.8. The Morgan fingerprint density at radius 2 is 1.02 bits per heavy atom. The standard InChI is InChI=1S/C58H36ClF6N9O6/c1-77-42-21-18-40(19-22-42)39-16-10-36(11-17-39)33-79-50-23-20-41(59)28-44(50)48-25-27-68-56(72-48)74-52(58(63,64)65)46(31-70-74)54(76)80-53(75)45-30-69-73(51(45)57(60,61)62)55-67-26-24-47(71-55)43-4-2-3-5-49(43)78-32-35-8-14-38(15-9-35)37-12-6-34(29-66)7-13-37/h2-28,30-31H,32-33H2,1H3. The fraction of sp³-hybridized carbons (Fsp3) is 0.0862. The number of aromatic nitrogens is 8. The minimum absolute atomic E-state index is 0.0221. The smallest absolute Gasteiger partial charge is 0.434 e. The van der Waals surface area contributed by atoms with Gasteiger partial charge in [0, 0.05) is 28.5 Å². The summed E-state index contributed by atoms with van der Waals surface area (Å²) >= 11 is 6.36. The molecule has 0 saturated carbocycles. The first kappa shape index (κ1) is 53.2. The van der Waals surface area contributed by atoms with Crippen LogP contribution in [0.25, 0.3) is 56.7 Å². The molecule has 0 unspecified atom stereocenters. The molecular weight excluding hydrogens is 1070 g/mol. The van der Waals surface area contributed by atoms with Crippen LogP contribution in [0.5, 0.6) is 17.2 Å². The number of esters is 2. The monoisotopic (exact) mass is 1100 g/mol. The molecule has 0 atom stereocenters. The van der Waals surface area contributed by atoms with Crippen LogP contribution in [-0.2, 0) is 30.3 Å². The summed E-state index contributed by atoms with van der Waals surface area (Å²) in [5.41, 5.74) is 0.175. The molecule has 0 radical (unpaired) electrons. The van der Waals surface area contributed by atoms with E-state index in [0.717, 1.165) is 45.8 Å². The van der Waals surface area contributed by atoms with E-state index in [1.807, 2.05) is 84.9 Å². The number of hydrogen-bond acceptors (Lipinski definition) is 13. The van der Waals surface area contributed by atoms with E-state index >= 15 is 0 Å². The third kappa shape index (κ3) is 11.6. The number of carbonyl (C=O) groups excluding carboxylic acids is 2. The lowest BCUT2D eigenvalue weighted by atomic mass is 10.0. The second-order valence-electron chi connectivity index (χ2n) is 17.3. The molecule has 0 aliphatic rings. The van der Waals surface area contributed by atoms with Gasteiger partial charge in [0.15, 0.2) is 11.4 Å². The van der Waals surface area contributed by atoms with Crippen molar-refractivity contribution in [2.75, 3.05) is 7.11 Å². The van der Waals surface area contributed by atoms with E-state index in [9.17, 15) is 35.9 Å². The van der Waals surface area contributed by atoms with E-state index in [1.54, 1.807) is 55.6 Å². The minimum atomic E-state index is -5.41. The zero-order chi connectivity index (χ0) is 56.1. The number of nitriles is 1. The summed E-state index contributed by atoms with van der Waals surface area (Å²) in [7, 11) is 1.58. The largest absolute Gasteiger partial charge is 0.497 e. The molecule has 0 spiro atoms. The van der Waals surface area contributed by atoms with Crippen molar-refractivity contribution < 1.29 is 54.9 Å². The molecule has 0 bridgehead atoms. The summed E-state index contributed by atoms with van der Waals surface area (Å²) in [4.78, 5) is 43.4. The minimum Gasteiger partial charge on any atom is -0.497 e. The van der Waals surface area contributed by atoms with Gasteiger partial charge < -0.3 is 18.9 Å². The number of rotatable bonds is 15. The van der Waals surface area contributed by atoms with Crippen LogP contribution in [0, 0.1) is 11.3 Å². The maximum absolute atomic E-state index is 15.0. The Bertz CT molecular complexity index is 3960. The van der Waals surface area contributed by atoms with Crippen LogP contribution in [0.3, 0.4) is 0 Å². The molecule has 0 N–H and O–H groups in total. The first-order valence-electron chi connectivity index (χ1n) is 23.8. The molecular formula is C58H36ClF6N9O6. The van der Waals surface area contributed by atoms with Gasteiger partial charge in [0.25, 0.3) is 11.9 Å². The van der Waals surface area contributed by atoms with Gasteiger partial charge >= 0.3 is 24.3 Å². The van der Waals surface area contributed by atoms with Crippen LogP contribution >= 0.6 is 11.6 Å². The van der Waals surface area contributed by atoms with Crippen molar-refractivity contribution in [3.63, 3.8) is 0 Å². The highest BCUT2D eigenvalue weighted by atomic mass is 35.5. The van der Waals surface area contributed by atoms with Gasteiger partial charge in [-0.15, -0.1) is 0 Å². The predicted molar refractivity (Wildman–Crippen MR) is 278 cm³/mol. The quantitative estimate of drug-likeness (QED) is 0.0537. The van der Waals surface area contributed by atoms with Crippen LogP contribution in [0.2, 0.25) is 5.02 Å². The topological polar surface area (TPSA) is 182 Å². The molecule has 0 saturated heterocycles. The molecule has 0 aliphatic carbocycles. The lowest BCUT2D eigenvalue weighted by Crippen LogP contribution is -2.23. The fourth-order valence-corrected chi connectivity index (χ4v) is 8.47. The molecule has 80 heavy (non-hydrogen) atoms. The summed E-state index contributed by atoms with van der Waals surface area (Å²) in [6.45, 7) is 0.152. The van der Waals surface area contributed by atoms with Gasteiger partial charge in [-0.05, 0) is 100 Å². The molecule has 4 heterocycles. The van der Waals surface area contributed by atoms with E-state index in [0.29, 0.717) is 35.0 Å². The van der Waals surface area contributed by atoms with E-state index in [1.165, 1.54) is 18.2 Å². The van der Waals surface area contributed by atoms with E-state index in [-0.39, 0.29) is 50.3 Å². The zero-order valence-corrected chi connectivity index (χ0v) is 42.0. The van der Waals surface area contributed by atoms with Crippen LogP contribution in [0.15, 0.2) is 176 Å². The first-order valence-corrected chi connectivity index (χ1v) is 24.1. The van der Waals surface area contributed by atoms with Gasteiger partial charge in [-0.1, -0.05) is 96.5 Å². The Labute approximate surface area is 454 Å². The summed E-state index contributed by atoms with van der Waals surface area (Å²) in [6.07, 6.45) is -7.72. The van der Waals surface area contributed by atoms with Gasteiger partial charge in [-0.3, -0.25) is 0 Å². The molecule has 4 aromatic heterocycles. The molecule has 0 amide bonds. The number of para-hydroxylation sites is 1. The van der Waals surface area contributed by atoms with Gasteiger partial charge in [-0.2, -0.15) is 51.2 Å². The van der Waals surface area contributed by atoms with Crippen LogP contribution in [0.1, 0.15) is 48.8 Å². The van der Waals surface area contributed by atoms with Crippen molar-refractivity contribution in [1.29, 1.82) is 5.26 Å². The number of ether oxygens (including phenoxy) is 4. The second kappa shape index (κ2) is 22.4. The Morgan fingerprint density at radius 1 is 0.575 bits per heavy atom. The van der Waals surface area contributed by atoms with Crippen molar-refractivity contribution in [3.8, 4) is 80.0 Å². The molecule has 0 fully saturated rings. The van der Waals surface area contributed by atoms with Crippen LogP contribution in [0.4, 0.5) is 26.3 Å². The summed E-state index contributed by atoms with van der Waals surface area (Å²) in [5, 5.41) is 16.7. The first-order chi connectivity index (χ1) is 38.5. The molecule has 6 aromatic carbocycles. The molecule has 22 heteroatoms. The highest BCUT2D eigenvalue weighted by molar-refractivity contribution is 6.31. The third-order valence-corrected chi connectivity index (χ3v) is 12.4. The molecule has 10 aromatic rings. The van der Waals surface area contributed by atoms with Crippen molar-refractivity contribution >= 4 is 23.5 Å². The maximum Gasteiger partial charge on any atom is 0.434 e. The lowest BCUT2D eigenvalue weighted by molar-refractivity contribution is -0.143. The van der Waals surface area contributed by atoms with Crippen molar-refractivity contribution in [2.24, 2.45) is 0 Å². The lowest BCUT2D eigenvalue weighted by Gasteiger charge is -2.14. The maximum atomic E-state index is 15.0. The highest BCUT2D eigenvalue weighted by Crippen LogP contribution is 2.38. The SMILES string of the molecule is COc1ccc(-c2ccc(COc3ccc(Cl)cc3-c3ccnc(-n4ncc(C(=O)OC(=O)c5cnn(-c6nccc(-c7ccccc7OCc7ccc(-c8ccc(C#N)cc8)cc7)n6)c5C(F)(F)F)c4C(F)(F)F)n3)cc2)cc1. The predicted octanol–water partition coefficient (Wildman–Crippen LogP) is 13.0. The van der Waals surface area contributed by atoms with Gasteiger partial charge in [0.05, 0.1) is 42.5 Å². The normalized spacial score (nSPS) is 11.4. The summed E-state index contributed by atoms with van der Waals surface area (Å²) < 4.78 is 112. The Kier molecular flexibility index (Phi) is 14.9. The Balaban J connectivity index is 0.861. The van der Waals surface area contributed by atoms with Gasteiger partial charge in [-0.25, -0.2) is 29.5 Å². The van der Waals surface area contributed by atoms with Crippen molar-refractivity contribution in [1.82, 2.24) is 39.5 Å². The number of halogens is 7. The Morgan fingerprint density at radius 3 is 1.50 bits per heavy atom. The third-order valence-electron chi connectivity index (χ3n) is 12.2.